The van der Waals surface area contributed by atoms with Gasteiger partial charge in [0.1, 0.15) is 12.1 Å². The van der Waals surface area contributed by atoms with Crippen LogP contribution in [0.15, 0.2) is 29.2 Å². The fraction of sp³-hybridized carbons (Fsp3) is 0.538. The van der Waals surface area contributed by atoms with Gasteiger partial charge in [-0.3, -0.25) is 10.1 Å². The minimum atomic E-state index is -3.68. The second-order valence-electron chi connectivity index (χ2n) is 5.54. The first kappa shape index (κ1) is 15.9. The molecule has 0 aliphatic carbocycles. The van der Waals surface area contributed by atoms with Crippen molar-refractivity contribution in [3.05, 3.63) is 34.4 Å². The quantitative estimate of drug-likeness (QED) is 0.630. The summed E-state index contributed by atoms with van der Waals surface area (Å²) in [6.07, 6.45) is 3.05. The van der Waals surface area contributed by atoms with Crippen molar-refractivity contribution in [3.63, 3.8) is 0 Å². The van der Waals surface area contributed by atoms with Crippen LogP contribution in [0, 0.1) is 10.1 Å². The van der Waals surface area contributed by atoms with Crippen LogP contribution in [0.1, 0.15) is 33.1 Å². The molecule has 2 unspecified atom stereocenters. The summed E-state index contributed by atoms with van der Waals surface area (Å²) >= 11 is 0. The first-order chi connectivity index (χ1) is 9.81. The number of nitro benzene ring substituents is 1. The Morgan fingerprint density at radius 1 is 1.19 bits per heavy atom. The zero-order chi connectivity index (χ0) is 15.6. The van der Waals surface area contributed by atoms with E-state index in [9.17, 15) is 18.5 Å². The lowest BCUT2D eigenvalue weighted by atomic mass is 10.0. The van der Waals surface area contributed by atoms with Crippen LogP contribution in [0.2, 0.25) is 0 Å². The molecule has 0 spiro atoms. The lowest BCUT2D eigenvalue weighted by molar-refractivity contribution is -0.980. The molecule has 0 aromatic heterocycles. The summed E-state index contributed by atoms with van der Waals surface area (Å²) in [4.78, 5) is 12.8. The van der Waals surface area contributed by atoms with Gasteiger partial charge < -0.3 is 0 Å². The topological polar surface area (TPSA) is 93.8 Å². The normalized spacial score (nSPS) is 26.5. The molecule has 116 valence electrons. The maximum Gasteiger partial charge on any atom is 0.282 e. The molecule has 0 amide bonds. The number of nitrogens with one attached hydrogen (secondary N) is 2. The molecule has 1 heterocycles. The maximum absolute atomic E-state index is 12.4. The number of rotatable bonds is 4. The first-order valence-corrected chi connectivity index (χ1v) is 8.43. The summed E-state index contributed by atoms with van der Waals surface area (Å²) in [5, 5.41) is 11.4. The number of quaternary nitrogens is 1. The van der Waals surface area contributed by atoms with Gasteiger partial charge in [-0.15, -0.1) is 0 Å². The standard InChI is InChI=1S/C13H19N3O4S/c1-10-4-3-5-11(2)15(10)14-21(19,20)13-8-6-12(7-9-13)16(17)18/h6-11,14H,3-5H2,1-2H3/p+1. The Hall–Kier alpha value is -1.51. The number of piperidine rings is 1. The summed E-state index contributed by atoms with van der Waals surface area (Å²) < 4.78 is 24.7. The lowest BCUT2D eigenvalue weighted by Crippen LogP contribution is -3.25. The number of sulfonamides is 1. The molecule has 8 heteroatoms. The highest BCUT2D eigenvalue weighted by atomic mass is 32.2. The average Bonchev–Trinajstić information content (AvgIpc) is 2.43. The third-order valence-corrected chi connectivity index (χ3v) is 5.34. The van der Waals surface area contributed by atoms with Crippen LogP contribution in [0.4, 0.5) is 5.69 Å². The van der Waals surface area contributed by atoms with Crippen molar-refractivity contribution in [1.82, 2.24) is 4.83 Å². The third kappa shape index (κ3) is 3.58. The second kappa shape index (κ2) is 6.08. The molecule has 1 aromatic carbocycles. The maximum atomic E-state index is 12.4. The Bertz CT molecular complexity index is 605. The number of hydrogen-bond acceptors (Lipinski definition) is 4. The number of hydrogen-bond donors (Lipinski definition) is 2. The molecular weight excluding hydrogens is 294 g/mol. The number of non-ortho nitro benzene ring substituents is 1. The van der Waals surface area contributed by atoms with E-state index >= 15 is 0 Å². The van der Waals surface area contributed by atoms with Crippen LogP contribution in [0.3, 0.4) is 0 Å². The van der Waals surface area contributed by atoms with E-state index < -0.39 is 14.9 Å². The van der Waals surface area contributed by atoms with Crippen LogP contribution in [0.25, 0.3) is 0 Å². The van der Waals surface area contributed by atoms with E-state index in [4.69, 9.17) is 0 Å². The molecule has 0 radical (unpaired) electrons. The molecule has 21 heavy (non-hydrogen) atoms. The molecule has 2 atom stereocenters. The van der Waals surface area contributed by atoms with E-state index in [1.807, 2.05) is 13.8 Å². The molecule has 1 saturated heterocycles. The predicted octanol–water partition coefficient (Wildman–Crippen LogP) is 0.634. The SMILES string of the molecule is CC1CCCC(C)[NH+]1NS(=O)(=O)c1ccc([N+](=O)[O-])cc1. The van der Waals surface area contributed by atoms with Crippen molar-refractivity contribution < 1.29 is 18.4 Å². The van der Waals surface area contributed by atoms with Gasteiger partial charge in [0.15, 0.2) is 0 Å². The highest BCUT2D eigenvalue weighted by molar-refractivity contribution is 7.89. The number of benzene rings is 1. The van der Waals surface area contributed by atoms with Gasteiger partial charge in [0, 0.05) is 25.0 Å². The van der Waals surface area contributed by atoms with Crippen LogP contribution in [-0.2, 0) is 10.0 Å². The Morgan fingerprint density at radius 2 is 1.71 bits per heavy atom. The molecule has 0 saturated carbocycles. The molecule has 1 aliphatic heterocycles. The van der Waals surface area contributed by atoms with Gasteiger partial charge >= 0.3 is 0 Å². The highest BCUT2D eigenvalue weighted by Gasteiger charge is 2.33. The summed E-state index contributed by atoms with van der Waals surface area (Å²) in [5.41, 5.74) is -0.124. The van der Waals surface area contributed by atoms with Gasteiger partial charge in [-0.1, -0.05) is 4.83 Å². The molecule has 2 N–H and O–H groups in total. The Morgan fingerprint density at radius 3 is 2.19 bits per heavy atom. The third-order valence-electron chi connectivity index (χ3n) is 3.95. The summed E-state index contributed by atoms with van der Waals surface area (Å²) in [5.74, 6) is 0. The zero-order valence-corrected chi connectivity index (χ0v) is 12.9. The molecule has 2 rings (SSSR count). The Kier molecular flexibility index (Phi) is 4.60. The smallest absolute Gasteiger partial charge is 0.258 e. The summed E-state index contributed by atoms with van der Waals surface area (Å²) in [6, 6.07) is 5.35. The molecular formula is C13H20N3O4S+. The fourth-order valence-corrected chi connectivity index (χ4v) is 4.01. The van der Waals surface area contributed by atoms with Crippen molar-refractivity contribution in [2.45, 2.75) is 50.1 Å². The average molecular weight is 314 g/mol. The van der Waals surface area contributed by atoms with Gasteiger partial charge in [0.25, 0.3) is 15.7 Å². The van der Waals surface area contributed by atoms with Crippen LogP contribution in [0.5, 0.6) is 0 Å². The van der Waals surface area contributed by atoms with Gasteiger partial charge in [-0.25, -0.2) is 13.4 Å². The first-order valence-electron chi connectivity index (χ1n) is 6.95. The second-order valence-corrected chi connectivity index (χ2v) is 7.23. The summed E-state index contributed by atoms with van der Waals surface area (Å²) in [6.45, 7) is 4.03. The summed E-state index contributed by atoms with van der Waals surface area (Å²) in [7, 11) is -3.68. The van der Waals surface area contributed by atoms with E-state index in [0.29, 0.717) is 0 Å². The van der Waals surface area contributed by atoms with Gasteiger partial charge in [0.2, 0.25) is 0 Å². The monoisotopic (exact) mass is 314 g/mol. The Labute approximate surface area is 124 Å². The lowest BCUT2D eigenvalue weighted by Gasteiger charge is -2.34. The number of nitro groups is 1. The van der Waals surface area contributed by atoms with E-state index in [0.717, 1.165) is 24.3 Å². The fourth-order valence-electron chi connectivity index (χ4n) is 2.69. The van der Waals surface area contributed by atoms with Gasteiger partial charge in [-0.05, 0) is 32.4 Å². The largest absolute Gasteiger partial charge is 0.282 e. The minimum Gasteiger partial charge on any atom is -0.258 e. The molecule has 1 aromatic rings. The zero-order valence-electron chi connectivity index (χ0n) is 12.1. The molecule has 0 bridgehead atoms. The highest BCUT2D eigenvalue weighted by Crippen LogP contribution is 2.15. The van der Waals surface area contributed by atoms with Crippen molar-refractivity contribution in [1.29, 1.82) is 0 Å². The van der Waals surface area contributed by atoms with Crippen LogP contribution < -0.4 is 9.84 Å². The Balaban J connectivity index is 2.19. The molecule has 1 fully saturated rings. The van der Waals surface area contributed by atoms with Crippen molar-refractivity contribution in [2.24, 2.45) is 0 Å². The number of nitrogens with zero attached hydrogens (tertiary/aromatic N) is 1. The van der Waals surface area contributed by atoms with E-state index in [2.05, 4.69) is 4.83 Å². The van der Waals surface area contributed by atoms with Crippen molar-refractivity contribution in [3.8, 4) is 0 Å². The van der Waals surface area contributed by atoms with Crippen molar-refractivity contribution >= 4 is 15.7 Å². The predicted molar refractivity (Wildman–Crippen MR) is 77.2 cm³/mol. The molecule has 1 aliphatic rings. The van der Waals surface area contributed by atoms with Crippen LogP contribution >= 0.6 is 0 Å². The van der Waals surface area contributed by atoms with Crippen molar-refractivity contribution in [2.75, 3.05) is 0 Å². The van der Waals surface area contributed by atoms with Gasteiger partial charge in [0.05, 0.1) is 9.82 Å². The van der Waals surface area contributed by atoms with Gasteiger partial charge in [-0.2, -0.15) is 0 Å². The van der Waals surface area contributed by atoms with E-state index in [-0.39, 0.29) is 22.7 Å². The minimum absolute atomic E-state index is 0.0468. The van der Waals surface area contributed by atoms with E-state index in [1.54, 1.807) is 0 Å². The van der Waals surface area contributed by atoms with E-state index in [1.165, 1.54) is 24.3 Å². The van der Waals surface area contributed by atoms with Crippen LogP contribution in [-0.4, -0.2) is 25.4 Å². The molecule has 7 nitrogen and oxygen atoms in total.